The highest BCUT2D eigenvalue weighted by atomic mass is 32.1. The molecule has 2 aliphatic heterocycles. The van der Waals surface area contributed by atoms with Gasteiger partial charge in [-0.2, -0.15) is 4.37 Å². The number of carbonyl (C=O) groups excluding carboxylic acids is 1. The van der Waals surface area contributed by atoms with Crippen LogP contribution in [0.5, 0.6) is 28.7 Å². The van der Waals surface area contributed by atoms with Crippen molar-refractivity contribution in [2.45, 2.75) is 12.3 Å². The number of benzene rings is 2. The highest BCUT2D eigenvalue weighted by molar-refractivity contribution is 7.07. The number of ether oxygens (including phenoxy) is 5. The number of rotatable bonds is 5. The number of amides is 1. The number of methoxy groups -OCH3 is 3. The van der Waals surface area contributed by atoms with E-state index in [4.69, 9.17) is 23.7 Å². The van der Waals surface area contributed by atoms with Gasteiger partial charge >= 0.3 is 0 Å². The lowest BCUT2D eigenvalue weighted by Gasteiger charge is -2.25. The SMILES string of the molecule is COc1ccc(-c2nsc3c2NC(=O)C[C@@H]3c2cc3c(c(OC)c2OC)OCO3)cc1. The maximum absolute atomic E-state index is 12.7. The van der Waals surface area contributed by atoms with Gasteiger partial charge in [0.05, 0.1) is 31.9 Å². The van der Waals surface area contributed by atoms with Gasteiger partial charge in [-0.3, -0.25) is 4.79 Å². The van der Waals surface area contributed by atoms with Crippen LogP contribution in [0.25, 0.3) is 11.3 Å². The molecule has 1 atom stereocenters. The third-order valence-corrected chi connectivity index (χ3v) is 6.40. The number of aromatic nitrogens is 1. The van der Waals surface area contributed by atoms with Crippen molar-refractivity contribution in [2.75, 3.05) is 33.4 Å². The smallest absolute Gasteiger partial charge is 0.231 e. The first-order valence-corrected chi connectivity index (χ1v) is 10.4. The second-order valence-electron chi connectivity index (χ2n) is 7.07. The third kappa shape index (κ3) is 3.12. The van der Waals surface area contributed by atoms with Crippen molar-refractivity contribution in [3.63, 3.8) is 0 Å². The second kappa shape index (κ2) is 7.66. The predicted molar refractivity (Wildman–Crippen MR) is 115 cm³/mol. The quantitative estimate of drug-likeness (QED) is 0.641. The van der Waals surface area contributed by atoms with Gasteiger partial charge in [0, 0.05) is 23.5 Å². The summed E-state index contributed by atoms with van der Waals surface area (Å²) in [4.78, 5) is 13.6. The Balaban J connectivity index is 1.64. The maximum atomic E-state index is 12.7. The fourth-order valence-corrected chi connectivity index (χ4v) is 4.96. The molecule has 0 bridgehead atoms. The number of nitrogens with one attached hydrogen (secondary N) is 1. The standard InChI is InChI=1S/C22H20N2O6S/c1-26-12-6-4-11(5-7-12)17-18-22(31-24-17)14(9-16(25)23-18)13-8-15-20(30-10-29-15)21(28-3)19(13)27-2/h4-8,14H,9-10H2,1-3H3,(H,23,25)/t14-/m1/s1. The van der Waals surface area contributed by atoms with E-state index in [0.29, 0.717) is 23.0 Å². The first-order chi connectivity index (χ1) is 15.1. The Bertz CT molecular complexity index is 1160. The average Bonchev–Trinajstić information content (AvgIpc) is 3.44. The molecule has 0 saturated carbocycles. The average molecular weight is 440 g/mol. The summed E-state index contributed by atoms with van der Waals surface area (Å²) in [6, 6.07) is 9.45. The molecule has 1 aromatic heterocycles. The highest BCUT2D eigenvalue weighted by Crippen LogP contribution is 2.54. The van der Waals surface area contributed by atoms with E-state index in [1.165, 1.54) is 11.5 Å². The Morgan fingerprint density at radius 2 is 1.84 bits per heavy atom. The van der Waals surface area contributed by atoms with Crippen molar-refractivity contribution in [3.05, 3.63) is 40.8 Å². The number of nitrogens with zero attached hydrogens (tertiary/aromatic N) is 1. The van der Waals surface area contributed by atoms with Crippen LogP contribution >= 0.6 is 11.5 Å². The first-order valence-electron chi connectivity index (χ1n) is 9.63. The van der Waals surface area contributed by atoms with Gasteiger partial charge in [-0.25, -0.2) is 0 Å². The highest BCUT2D eigenvalue weighted by Gasteiger charge is 2.36. The van der Waals surface area contributed by atoms with Crippen LogP contribution in [0.3, 0.4) is 0 Å². The molecule has 160 valence electrons. The van der Waals surface area contributed by atoms with Crippen molar-refractivity contribution >= 4 is 23.1 Å². The molecule has 1 N–H and O–H groups in total. The molecule has 0 radical (unpaired) electrons. The summed E-state index contributed by atoms with van der Waals surface area (Å²) in [5, 5.41) is 3.00. The lowest BCUT2D eigenvalue weighted by molar-refractivity contribution is -0.116. The molecule has 0 spiro atoms. The summed E-state index contributed by atoms with van der Waals surface area (Å²) < 4.78 is 32.3. The minimum absolute atomic E-state index is 0.0915. The fourth-order valence-electron chi connectivity index (χ4n) is 4.00. The Morgan fingerprint density at radius 1 is 1.06 bits per heavy atom. The number of carbonyl (C=O) groups is 1. The van der Waals surface area contributed by atoms with Crippen molar-refractivity contribution in [3.8, 4) is 40.0 Å². The normalized spacial score (nSPS) is 16.5. The molecule has 0 unspecified atom stereocenters. The lowest BCUT2D eigenvalue weighted by atomic mass is 9.88. The first kappa shape index (κ1) is 19.5. The minimum Gasteiger partial charge on any atom is -0.497 e. The van der Waals surface area contributed by atoms with E-state index in [9.17, 15) is 4.79 Å². The fraction of sp³-hybridized carbons (Fsp3) is 0.273. The molecule has 1 amide bonds. The molecule has 0 saturated heterocycles. The summed E-state index contributed by atoms with van der Waals surface area (Å²) in [7, 11) is 4.75. The molecular formula is C22H20N2O6S. The summed E-state index contributed by atoms with van der Waals surface area (Å²) in [6.07, 6.45) is 0.260. The monoisotopic (exact) mass is 440 g/mol. The van der Waals surface area contributed by atoms with Crippen molar-refractivity contribution in [2.24, 2.45) is 0 Å². The van der Waals surface area contributed by atoms with E-state index in [0.717, 1.165) is 33.1 Å². The van der Waals surface area contributed by atoms with Crippen LogP contribution in [0.2, 0.25) is 0 Å². The zero-order chi connectivity index (χ0) is 21.5. The molecule has 0 fully saturated rings. The molecule has 3 heterocycles. The van der Waals surface area contributed by atoms with E-state index in [1.807, 2.05) is 30.3 Å². The predicted octanol–water partition coefficient (Wildman–Crippen LogP) is 4.04. The van der Waals surface area contributed by atoms with E-state index in [-0.39, 0.29) is 25.0 Å². The zero-order valence-corrected chi connectivity index (χ0v) is 18.0. The minimum atomic E-state index is -0.258. The zero-order valence-electron chi connectivity index (χ0n) is 17.2. The Kier molecular flexibility index (Phi) is 4.82. The van der Waals surface area contributed by atoms with Crippen molar-refractivity contribution in [1.29, 1.82) is 0 Å². The van der Waals surface area contributed by atoms with Crippen LogP contribution in [0.4, 0.5) is 5.69 Å². The molecule has 2 aliphatic rings. The lowest BCUT2D eigenvalue weighted by Crippen LogP contribution is -2.23. The van der Waals surface area contributed by atoms with Gasteiger partial charge in [0.2, 0.25) is 24.2 Å². The number of hydrogen-bond donors (Lipinski definition) is 1. The molecule has 2 aromatic carbocycles. The second-order valence-corrected chi connectivity index (χ2v) is 7.87. The molecule has 9 heteroatoms. The number of fused-ring (bicyclic) bond motifs is 2. The van der Waals surface area contributed by atoms with Crippen LogP contribution in [0, 0.1) is 0 Å². The van der Waals surface area contributed by atoms with E-state index in [1.54, 1.807) is 21.3 Å². The van der Waals surface area contributed by atoms with Crippen LogP contribution in [0.1, 0.15) is 22.8 Å². The summed E-state index contributed by atoms with van der Waals surface area (Å²) in [5.41, 5.74) is 3.14. The molecule has 0 aliphatic carbocycles. The molecule has 3 aromatic rings. The Morgan fingerprint density at radius 3 is 2.55 bits per heavy atom. The summed E-state index contributed by atoms with van der Waals surface area (Å²) in [5.74, 6) is 2.47. The van der Waals surface area contributed by atoms with E-state index in [2.05, 4.69) is 9.69 Å². The molecule has 5 rings (SSSR count). The van der Waals surface area contributed by atoms with Crippen LogP contribution in [0.15, 0.2) is 30.3 Å². The van der Waals surface area contributed by atoms with E-state index < -0.39 is 0 Å². The van der Waals surface area contributed by atoms with Gasteiger partial charge in [0.1, 0.15) is 11.4 Å². The largest absolute Gasteiger partial charge is 0.497 e. The summed E-state index contributed by atoms with van der Waals surface area (Å²) >= 11 is 1.36. The van der Waals surface area contributed by atoms with Crippen LogP contribution in [-0.4, -0.2) is 38.4 Å². The van der Waals surface area contributed by atoms with Gasteiger partial charge in [0.15, 0.2) is 11.5 Å². The van der Waals surface area contributed by atoms with E-state index >= 15 is 0 Å². The van der Waals surface area contributed by atoms with Crippen LogP contribution in [-0.2, 0) is 4.79 Å². The maximum Gasteiger partial charge on any atom is 0.231 e. The molecular weight excluding hydrogens is 420 g/mol. The van der Waals surface area contributed by atoms with Gasteiger partial charge in [-0.05, 0) is 41.9 Å². The van der Waals surface area contributed by atoms with Crippen molar-refractivity contribution in [1.82, 2.24) is 4.37 Å². The van der Waals surface area contributed by atoms with Gasteiger partial charge in [-0.1, -0.05) is 0 Å². The summed E-state index contributed by atoms with van der Waals surface area (Å²) in [6.45, 7) is 0.108. The molecule has 31 heavy (non-hydrogen) atoms. The number of anilines is 1. The van der Waals surface area contributed by atoms with Gasteiger partial charge < -0.3 is 29.0 Å². The Hall–Kier alpha value is -3.46. The van der Waals surface area contributed by atoms with Crippen LogP contribution < -0.4 is 29.0 Å². The van der Waals surface area contributed by atoms with Gasteiger partial charge in [-0.15, -0.1) is 0 Å². The number of hydrogen-bond acceptors (Lipinski definition) is 8. The third-order valence-electron chi connectivity index (χ3n) is 5.44. The van der Waals surface area contributed by atoms with Gasteiger partial charge in [0.25, 0.3) is 0 Å². The molecule has 8 nitrogen and oxygen atoms in total. The Labute approximate surface area is 182 Å². The van der Waals surface area contributed by atoms with Crippen molar-refractivity contribution < 1.29 is 28.5 Å². The topological polar surface area (TPSA) is 88.1 Å².